The van der Waals surface area contributed by atoms with Crippen molar-refractivity contribution in [2.75, 3.05) is 0 Å². The zero-order chi connectivity index (χ0) is 13.0. The Hall–Kier alpha value is -1.90. The molecule has 0 aliphatic carbocycles. The molecule has 18 heavy (non-hydrogen) atoms. The van der Waals surface area contributed by atoms with Crippen molar-refractivity contribution in [3.63, 3.8) is 0 Å². The van der Waals surface area contributed by atoms with Crippen LogP contribution in [0.15, 0.2) is 36.7 Å². The molecule has 0 bridgehead atoms. The fraction of sp³-hybridized carbons (Fsp3) is 0.333. The summed E-state index contributed by atoms with van der Waals surface area (Å²) in [6, 6.07) is 7.80. The highest BCUT2D eigenvalue weighted by Crippen LogP contribution is 2.28. The van der Waals surface area contributed by atoms with Crippen LogP contribution in [0.2, 0.25) is 0 Å². The van der Waals surface area contributed by atoms with E-state index in [-0.39, 0.29) is 0 Å². The third-order valence-electron chi connectivity index (χ3n) is 3.22. The summed E-state index contributed by atoms with van der Waals surface area (Å²) in [5, 5.41) is 11.4. The number of aromatic nitrogens is 1. The van der Waals surface area contributed by atoms with Gasteiger partial charge < -0.3 is 5.11 Å². The van der Waals surface area contributed by atoms with Crippen LogP contribution in [0, 0.1) is 0 Å². The first-order valence-electron chi connectivity index (χ1n) is 6.29. The maximum atomic E-state index is 11.4. The zero-order valence-corrected chi connectivity index (χ0v) is 10.5. The van der Waals surface area contributed by atoms with Crippen molar-refractivity contribution in [2.24, 2.45) is 0 Å². The molecule has 0 aliphatic rings. The molecule has 0 saturated carbocycles. The van der Waals surface area contributed by atoms with Crippen LogP contribution in [0.1, 0.15) is 37.7 Å². The molecule has 0 saturated heterocycles. The Balaban J connectivity index is 2.46. The number of benzene rings is 1. The standard InChI is InChI=1S/C15H17NO2/c1-2-3-7-13(15(17)18)14-10-16-9-11-6-4-5-8-12(11)14/h4-6,8-10,13H,2-3,7H2,1H3,(H,17,18). The van der Waals surface area contributed by atoms with Gasteiger partial charge >= 0.3 is 5.97 Å². The highest BCUT2D eigenvalue weighted by molar-refractivity contribution is 5.89. The first kappa shape index (κ1) is 12.6. The maximum Gasteiger partial charge on any atom is 0.311 e. The molecule has 0 spiro atoms. The summed E-state index contributed by atoms with van der Waals surface area (Å²) in [6.45, 7) is 2.07. The van der Waals surface area contributed by atoms with E-state index in [0.29, 0.717) is 6.42 Å². The molecule has 1 heterocycles. The zero-order valence-electron chi connectivity index (χ0n) is 10.5. The van der Waals surface area contributed by atoms with E-state index >= 15 is 0 Å². The van der Waals surface area contributed by atoms with Crippen LogP contribution in [0.4, 0.5) is 0 Å². The second-order valence-electron chi connectivity index (χ2n) is 4.48. The summed E-state index contributed by atoms with van der Waals surface area (Å²) in [5.74, 6) is -1.22. The monoisotopic (exact) mass is 243 g/mol. The number of fused-ring (bicyclic) bond motifs is 1. The molecule has 1 aromatic heterocycles. The second kappa shape index (κ2) is 5.63. The summed E-state index contributed by atoms with van der Waals surface area (Å²) >= 11 is 0. The number of carbonyl (C=O) groups is 1. The van der Waals surface area contributed by atoms with Crippen LogP contribution >= 0.6 is 0 Å². The Morgan fingerprint density at radius 3 is 2.83 bits per heavy atom. The predicted octanol–water partition coefficient (Wildman–Crippen LogP) is 3.59. The molecule has 0 fully saturated rings. The van der Waals surface area contributed by atoms with Gasteiger partial charge in [-0.1, -0.05) is 44.0 Å². The average Bonchev–Trinajstić information content (AvgIpc) is 2.39. The van der Waals surface area contributed by atoms with Crippen molar-refractivity contribution in [2.45, 2.75) is 32.1 Å². The van der Waals surface area contributed by atoms with Crippen LogP contribution in [0.5, 0.6) is 0 Å². The molecule has 1 atom stereocenters. The summed E-state index contributed by atoms with van der Waals surface area (Å²) < 4.78 is 0. The molecule has 0 radical (unpaired) electrons. The summed E-state index contributed by atoms with van der Waals surface area (Å²) in [4.78, 5) is 15.6. The lowest BCUT2D eigenvalue weighted by Gasteiger charge is -2.14. The lowest BCUT2D eigenvalue weighted by atomic mass is 9.91. The van der Waals surface area contributed by atoms with Crippen molar-refractivity contribution in [1.82, 2.24) is 4.98 Å². The van der Waals surface area contributed by atoms with Gasteiger partial charge in [-0.15, -0.1) is 0 Å². The van der Waals surface area contributed by atoms with Crippen LogP contribution in [0.25, 0.3) is 10.8 Å². The molecule has 94 valence electrons. The summed E-state index contributed by atoms with van der Waals surface area (Å²) in [6.07, 6.45) is 6.05. The lowest BCUT2D eigenvalue weighted by Crippen LogP contribution is -2.12. The largest absolute Gasteiger partial charge is 0.481 e. The molecular formula is C15H17NO2. The van der Waals surface area contributed by atoms with E-state index in [0.717, 1.165) is 29.2 Å². The van der Waals surface area contributed by atoms with Gasteiger partial charge in [0.15, 0.2) is 0 Å². The van der Waals surface area contributed by atoms with E-state index < -0.39 is 11.9 Å². The van der Waals surface area contributed by atoms with Gasteiger partial charge in [-0.05, 0) is 17.4 Å². The number of aliphatic carboxylic acids is 1. The fourth-order valence-electron chi connectivity index (χ4n) is 2.24. The lowest BCUT2D eigenvalue weighted by molar-refractivity contribution is -0.139. The highest BCUT2D eigenvalue weighted by atomic mass is 16.4. The van der Waals surface area contributed by atoms with E-state index in [4.69, 9.17) is 0 Å². The number of rotatable bonds is 5. The minimum absolute atomic E-state index is 0.455. The minimum Gasteiger partial charge on any atom is -0.481 e. The number of carboxylic acids is 1. The Bertz CT molecular complexity index is 546. The van der Waals surface area contributed by atoms with E-state index in [1.54, 1.807) is 12.4 Å². The maximum absolute atomic E-state index is 11.4. The summed E-state index contributed by atoms with van der Waals surface area (Å²) in [5.41, 5.74) is 0.828. The minimum atomic E-state index is -0.762. The molecule has 1 unspecified atom stereocenters. The van der Waals surface area contributed by atoms with Crippen molar-refractivity contribution in [3.8, 4) is 0 Å². The van der Waals surface area contributed by atoms with Crippen molar-refractivity contribution in [3.05, 3.63) is 42.2 Å². The average molecular weight is 243 g/mol. The van der Waals surface area contributed by atoms with Crippen LogP contribution in [0.3, 0.4) is 0 Å². The molecule has 2 rings (SSSR count). The second-order valence-corrected chi connectivity index (χ2v) is 4.48. The number of unbranched alkanes of at least 4 members (excludes halogenated alkanes) is 1. The number of hydrogen-bond acceptors (Lipinski definition) is 2. The van der Waals surface area contributed by atoms with Gasteiger partial charge in [0.05, 0.1) is 5.92 Å². The van der Waals surface area contributed by atoms with Crippen molar-refractivity contribution < 1.29 is 9.90 Å². The number of pyridine rings is 1. The van der Waals surface area contributed by atoms with E-state index in [2.05, 4.69) is 11.9 Å². The van der Waals surface area contributed by atoms with Crippen LogP contribution < -0.4 is 0 Å². The Morgan fingerprint density at radius 1 is 1.33 bits per heavy atom. The molecule has 1 aromatic carbocycles. The Kier molecular flexibility index (Phi) is 3.92. The molecular weight excluding hydrogens is 226 g/mol. The van der Waals surface area contributed by atoms with E-state index in [1.165, 1.54) is 0 Å². The van der Waals surface area contributed by atoms with Crippen LogP contribution in [-0.4, -0.2) is 16.1 Å². The van der Waals surface area contributed by atoms with Crippen LogP contribution in [-0.2, 0) is 4.79 Å². The van der Waals surface area contributed by atoms with E-state index in [1.807, 2.05) is 24.3 Å². The van der Waals surface area contributed by atoms with Gasteiger partial charge in [-0.3, -0.25) is 9.78 Å². The predicted molar refractivity (Wildman–Crippen MR) is 71.6 cm³/mol. The quantitative estimate of drug-likeness (QED) is 0.873. The van der Waals surface area contributed by atoms with Gasteiger partial charge in [-0.2, -0.15) is 0 Å². The molecule has 2 aromatic rings. The molecule has 3 nitrogen and oxygen atoms in total. The Labute approximate surface area is 106 Å². The first-order valence-corrected chi connectivity index (χ1v) is 6.29. The first-order chi connectivity index (χ1) is 8.74. The topological polar surface area (TPSA) is 50.2 Å². The van der Waals surface area contributed by atoms with E-state index in [9.17, 15) is 9.90 Å². The Morgan fingerprint density at radius 2 is 2.11 bits per heavy atom. The molecule has 3 heteroatoms. The molecule has 1 N–H and O–H groups in total. The van der Waals surface area contributed by atoms with Crippen molar-refractivity contribution >= 4 is 16.7 Å². The highest BCUT2D eigenvalue weighted by Gasteiger charge is 2.21. The SMILES string of the molecule is CCCCC(C(=O)O)c1cncc2ccccc12. The molecule has 0 aliphatic heterocycles. The third-order valence-corrected chi connectivity index (χ3v) is 3.22. The smallest absolute Gasteiger partial charge is 0.311 e. The number of carboxylic acid groups (broad SMARTS) is 1. The summed E-state index contributed by atoms with van der Waals surface area (Å²) in [7, 11) is 0. The van der Waals surface area contributed by atoms with Gasteiger partial charge in [0.2, 0.25) is 0 Å². The normalized spacial score (nSPS) is 12.5. The van der Waals surface area contributed by atoms with Gasteiger partial charge in [-0.25, -0.2) is 0 Å². The van der Waals surface area contributed by atoms with Gasteiger partial charge in [0.1, 0.15) is 0 Å². The molecule has 0 amide bonds. The fourth-order valence-corrected chi connectivity index (χ4v) is 2.24. The number of hydrogen-bond donors (Lipinski definition) is 1. The third kappa shape index (κ3) is 2.50. The van der Waals surface area contributed by atoms with Crippen molar-refractivity contribution in [1.29, 1.82) is 0 Å². The van der Waals surface area contributed by atoms with Gasteiger partial charge in [0, 0.05) is 17.8 Å². The number of nitrogens with zero attached hydrogens (tertiary/aromatic N) is 1. The van der Waals surface area contributed by atoms with Gasteiger partial charge in [0.25, 0.3) is 0 Å².